The van der Waals surface area contributed by atoms with E-state index >= 15 is 0 Å². The number of carbonyl (C=O) groups excluding carboxylic acids is 1. The summed E-state index contributed by atoms with van der Waals surface area (Å²) in [6.45, 7) is 0.424. The van der Waals surface area contributed by atoms with Gasteiger partial charge in [0, 0.05) is 29.2 Å². The molecule has 0 bridgehead atoms. The van der Waals surface area contributed by atoms with Gasteiger partial charge >= 0.3 is 0 Å². The molecule has 1 amide bonds. The second-order valence-corrected chi connectivity index (χ2v) is 5.82. The minimum atomic E-state index is -0.0184. The number of rotatable bonds is 5. The molecule has 0 saturated carbocycles. The van der Waals surface area contributed by atoms with Gasteiger partial charge in [-0.25, -0.2) is 0 Å². The van der Waals surface area contributed by atoms with Crippen LogP contribution in [0.4, 0.5) is 0 Å². The molecule has 0 spiro atoms. The van der Waals surface area contributed by atoms with Crippen molar-refractivity contribution in [3.8, 4) is 5.75 Å². The first-order chi connectivity index (χ1) is 10.5. The highest BCUT2D eigenvalue weighted by atomic mass is 35.5. The first-order valence-electron chi connectivity index (χ1n) is 6.81. The molecule has 0 heterocycles. The Bertz CT molecular complexity index is 673. The summed E-state index contributed by atoms with van der Waals surface area (Å²) in [5, 5.41) is 1.22. The quantitative estimate of drug-likeness (QED) is 0.818. The van der Waals surface area contributed by atoms with Crippen molar-refractivity contribution in [3.05, 3.63) is 63.6 Å². The molecule has 0 aliphatic carbocycles. The lowest BCUT2D eigenvalue weighted by atomic mass is 10.1. The molecular weight excluding hydrogens is 321 g/mol. The Morgan fingerprint density at radius 2 is 1.86 bits per heavy atom. The van der Waals surface area contributed by atoms with Crippen LogP contribution in [0.3, 0.4) is 0 Å². The average Bonchev–Trinajstić information content (AvgIpc) is 2.49. The van der Waals surface area contributed by atoms with Crippen LogP contribution in [0, 0.1) is 0 Å². The second-order valence-electron chi connectivity index (χ2n) is 4.97. The Hall–Kier alpha value is -1.71. The molecule has 2 aromatic carbocycles. The normalized spacial score (nSPS) is 10.4. The van der Waals surface area contributed by atoms with Gasteiger partial charge in [0.2, 0.25) is 5.91 Å². The standard InChI is InChI=1S/C17H17Cl2NO2/c1-20(11-13-9-14(18)7-8-16(13)22-2)17(21)10-12-5-3-4-6-15(12)19/h3-9H,10-11H2,1-2H3. The summed E-state index contributed by atoms with van der Waals surface area (Å²) >= 11 is 12.1. The van der Waals surface area contributed by atoms with Crippen LogP contribution >= 0.6 is 23.2 Å². The molecular formula is C17H17Cl2NO2. The van der Waals surface area contributed by atoms with Crippen molar-refractivity contribution in [1.29, 1.82) is 0 Å². The van der Waals surface area contributed by atoms with Crippen LogP contribution in [0.25, 0.3) is 0 Å². The Labute approximate surface area is 140 Å². The van der Waals surface area contributed by atoms with E-state index in [1.54, 1.807) is 43.3 Å². The molecule has 0 aliphatic rings. The summed E-state index contributed by atoms with van der Waals surface area (Å²) in [4.78, 5) is 14.0. The Morgan fingerprint density at radius 1 is 1.14 bits per heavy atom. The summed E-state index contributed by atoms with van der Waals surface area (Å²) < 4.78 is 5.30. The molecule has 2 rings (SSSR count). The van der Waals surface area contributed by atoms with Crippen molar-refractivity contribution in [1.82, 2.24) is 4.90 Å². The number of likely N-dealkylation sites (N-methyl/N-ethyl adjacent to an activating group) is 1. The molecule has 0 unspecified atom stereocenters. The van der Waals surface area contributed by atoms with Crippen molar-refractivity contribution in [2.24, 2.45) is 0 Å². The fourth-order valence-corrected chi connectivity index (χ4v) is 2.55. The first kappa shape index (κ1) is 16.7. The number of amides is 1. The van der Waals surface area contributed by atoms with Gasteiger partial charge in [-0.2, -0.15) is 0 Å². The van der Waals surface area contributed by atoms with Gasteiger partial charge < -0.3 is 9.64 Å². The zero-order valence-corrected chi connectivity index (χ0v) is 14.0. The number of methoxy groups -OCH3 is 1. The summed E-state index contributed by atoms with van der Waals surface area (Å²) in [5.74, 6) is 0.692. The predicted octanol–water partition coefficient (Wildman–Crippen LogP) is 4.20. The highest BCUT2D eigenvalue weighted by Crippen LogP contribution is 2.24. The zero-order valence-electron chi connectivity index (χ0n) is 12.5. The fourth-order valence-electron chi connectivity index (χ4n) is 2.15. The Morgan fingerprint density at radius 3 is 2.55 bits per heavy atom. The summed E-state index contributed by atoms with van der Waals surface area (Å²) in [5.41, 5.74) is 1.68. The first-order valence-corrected chi connectivity index (χ1v) is 7.56. The third-order valence-electron chi connectivity index (χ3n) is 3.38. The van der Waals surface area contributed by atoms with E-state index in [0.29, 0.717) is 22.3 Å². The van der Waals surface area contributed by atoms with Crippen LogP contribution < -0.4 is 4.74 Å². The minimum absolute atomic E-state index is 0.0184. The molecule has 22 heavy (non-hydrogen) atoms. The van der Waals surface area contributed by atoms with Gasteiger partial charge in [-0.1, -0.05) is 41.4 Å². The molecule has 0 N–H and O–H groups in total. The second kappa shape index (κ2) is 7.52. The number of ether oxygens (including phenoxy) is 1. The molecule has 0 saturated heterocycles. The van der Waals surface area contributed by atoms with Gasteiger partial charge in [0.25, 0.3) is 0 Å². The van der Waals surface area contributed by atoms with E-state index in [-0.39, 0.29) is 12.3 Å². The van der Waals surface area contributed by atoms with Crippen molar-refractivity contribution in [2.45, 2.75) is 13.0 Å². The Balaban J connectivity index is 2.09. The zero-order chi connectivity index (χ0) is 16.1. The summed E-state index contributed by atoms with van der Waals surface area (Å²) in [7, 11) is 3.35. The maximum Gasteiger partial charge on any atom is 0.227 e. The van der Waals surface area contributed by atoms with Crippen molar-refractivity contribution in [3.63, 3.8) is 0 Å². The van der Waals surface area contributed by atoms with Gasteiger partial charge in [0.1, 0.15) is 5.75 Å². The van der Waals surface area contributed by atoms with E-state index in [1.807, 2.05) is 18.2 Å². The van der Waals surface area contributed by atoms with Crippen molar-refractivity contribution >= 4 is 29.1 Å². The van der Waals surface area contributed by atoms with Crippen molar-refractivity contribution < 1.29 is 9.53 Å². The smallest absolute Gasteiger partial charge is 0.227 e. The number of carbonyl (C=O) groups is 1. The van der Waals surface area contributed by atoms with E-state index < -0.39 is 0 Å². The van der Waals surface area contributed by atoms with E-state index in [2.05, 4.69) is 0 Å². The number of nitrogens with zero attached hydrogens (tertiary/aromatic N) is 1. The monoisotopic (exact) mass is 337 g/mol. The van der Waals surface area contributed by atoms with Crippen LogP contribution in [-0.4, -0.2) is 25.0 Å². The van der Waals surface area contributed by atoms with Gasteiger partial charge in [-0.05, 0) is 29.8 Å². The highest BCUT2D eigenvalue weighted by molar-refractivity contribution is 6.31. The Kier molecular flexibility index (Phi) is 5.69. The van der Waals surface area contributed by atoms with E-state index in [9.17, 15) is 4.79 Å². The molecule has 0 atom stereocenters. The SMILES string of the molecule is COc1ccc(Cl)cc1CN(C)C(=O)Cc1ccccc1Cl. The predicted molar refractivity (Wildman–Crippen MR) is 89.6 cm³/mol. The summed E-state index contributed by atoms with van der Waals surface area (Å²) in [6, 6.07) is 12.7. The van der Waals surface area contributed by atoms with E-state index in [4.69, 9.17) is 27.9 Å². The van der Waals surface area contributed by atoms with Crippen LogP contribution in [0.5, 0.6) is 5.75 Å². The fraction of sp³-hybridized carbons (Fsp3) is 0.235. The van der Waals surface area contributed by atoms with Crippen LogP contribution in [0.15, 0.2) is 42.5 Å². The lowest BCUT2D eigenvalue weighted by molar-refractivity contribution is -0.129. The minimum Gasteiger partial charge on any atom is -0.496 e. The molecule has 3 nitrogen and oxygen atoms in total. The molecule has 0 aromatic heterocycles. The molecule has 5 heteroatoms. The maximum atomic E-state index is 12.3. The molecule has 2 aromatic rings. The van der Waals surface area contributed by atoms with Gasteiger partial charge in [-0.3, -0.25) is 4.79 Å². The van der Waals surface area contributed by atoms with Crippen LogP contribution in [0.1, 0.15) is 11.1 Å². The van der Waals surface area contributed by atoms with Crippen LogP contribution in [0.2, 0.25) is 10.0 Å². The third kappa shape index (κ3) is 4.15. The highest BCUT2D eigenvalue weighted by Gasteiger charge is 2.14. The van der Waals surface area contributed by atoms with Crippen molar-refractivity contribution in [2.75, 3.05) is 14.2 Å². The lowest BCUT2D eigenvalue weighted by Crippen LogP contribution is -2.28. The molecule has 0 fully saturated rings. The van der Waals surface area contributed by atoms with Crippen LogP contribution in [-0.2, 0) is 17.8 Å². The summed E-state index contributed by atoms with van der Waals surface area (Å²) in [6.07, 6.45) is 0.263. The largest absolute Gasteiger partial charge is 0.496 e. The molecule has 0 aliphatic heterocycles. The van der Waals surface area contributed by atoms with E-state index in [1.165, 1.54) is 0 Å². The van der Waals surface area contributed by atoms with Gasteiger partial charge in [-0.15, -0.1) is 0 Å². The lowest BCUT2D eigenvalue weighted by Gasteiger charge is -2.19. The number of halogens is 2. The number of hydrogen-bond donors (Lipinski definition) is 0. The molecule has 116 valence electrons. The topological polar surface area (TPSA) is 29.5 Å². The third-order valence-corrected chi connectivity index (χ3v) is 3.98. The van der Waals surface area contributed by atoms with E-state index in [0.717, 1.165) is 11.1 Å². The molecule has 0 radical (unpaired) electrons. The number of hydrogen-bond acceptors (Lipinski definition) is 2. The average molecular weight is 338 g/mol. The number of benzene rings is 2. The maximum absolute atomic E-state index is 12.3. The van der Waals surface area contributed by atoms with Gasteiger partial charge in [0.05, 0.1) is 13.5 Å². The van der Waals surface area contributed by atoms with Gasteiger partial charge in [0.15, 0.2) is 0 Å².